The van der Waals surface area contributed by atoms with Crippen molar-refractivity contribution in [1.82, 2.24) is 9.55 Å². The fourth-order valence-electron chi connectivity index (χ4n) is 1.80. The van der Waals surface area contributed by atoms with Gasteiger partial charge in [-0.2, -0.15) is 0 Å². The monoisotopic (exact) mass is 296 g/mol. The molecule has 2 aromatic rings. The second-order valence-corrected chi connectivity index (χ2v) is 5.83. The van der Waals surface area contributed by atoms with Crippen LogP contribution in [0.2, 0.25) is 5.02 Å². The van der Waals surface area contributed by atoms with E-state index in [0.717, 1.165) is 28.6 Å². The third-order valence-electron chi connectivity index (χ3n) is 2.88. The zero-order valence-corrected chi connectivity index (χ0v) is 12.6. The van der Waals surface area contributed by atoms with E-state index in [2.05, 4.69) is 11.9 Å². The second kappa shape index (κ2) is 6.46. The fourth-order valence-corrected chi connectivity index (χ4v) is 2.74. The highest BCUT2D eigenvalue weighted by atomic mass is 35.5. The minimum absolute atomic E-state index is 0.667. The van der Waals surface area contributed by atoms with Crippen LogP contribution in [0, 0.1) is 0 Å². The van der Waals surface area contributed by atoms with Crippen molar-refractivity contribution in [3.63, 3.8) is 0 Å². The van der Waals surface area contributed by atoms with E-state index in [9.17, 15) is 5.11 Å². The lowest BCUT2D eigenvalue weighted by Gasteiger charge is -2.12. The third kappa shape index (κ3) is 3.32. The van der Waals surface area contributed by atoms with E-state index in [1.54, 1.807) is 30.1 Å². The van der Waals surface area contributed by atoms with E-state index < -0.39 is 6.10 Å². The van der Waals surface area contributed by atoms with E-state index in [1.165, 1.54) is 0 Å². The van der Waals surface area contributed by atoms with Crippen LogP contribution in [0.5, 0.6) is 0 Å². The van der Waals surface area contributed by atoms with Gasteiger partial charge in [-0.1, -0.05) is 42.4 Å². The number of nitrogens with zero attached hydrogens (tertiary/aromatic N) is 2. The normalized spacial score (nSPS) is 12.6. The number of thioether (sulfide) groups is 1. The van der Waals surface area contributed by atoms with Gasteiger partial charge in [-0.3, -0.25) is 0 Å². The molecule has 1 N–H and O–H groups in total. The Morgan fingerprint density at radius 1 is 1.37 bits per heavy atom. The summed E-state index contributed by atoms with van der Waals surface area (Å²) in [5.74, 6) is 1.03. The van der Waals surface area contributed by atoms with Crippen LogP contribution in [0.15, 0.2) is 35.6 Å². The predicted octanol–water partition coefficient (Wildman–Crippen LogP) is 3.66. The number of aliphatic hydroxyl groups excluding tert-OH is 1. The second-order valence-electron chi connectivity index (χ2n) is 4.33. The molecule has 0 amide bonds. The molecular weight excluding hydrogens is 280 g/mol. The predicted molar refractivity (Wildman–Crippen MR) is 79.7 cm³/mol. The number of hydrogen-bond acceptors (Lipinski definition) is 3. The van der Waals surface area contributed by atoms with Crippen molar-refractivity contribution < 1.29 is 5.11 Å². The van der Waals surface area contributed by atoms with Crippen molar-refractivity contribution in [2.75, 3.05) is 5.75 Å². The Labute approximate surface area is 122 Å². The Morgan fingerprint density at radius 2 is 2.05 bits per heavy atom. The maximum atomic E-state index is 10.4. The molecule has 1 aromatic heterocycles. The molecule has 3 nitrogen and oxygen atoms in total. The summed E-state index contributed by atoms with van der Waals surface area (Å²) in [6.45, 7) is 2.14. The molecule has 0 fully saturated rings. The molecule has 0 bridgehead atoms. The molecule has 0 spiro atoms. The van der Waals surface area contributed by atoms with E-state index in [1.807, 2.05) is 23.7 Å². The zero-order valence-electron chi connectivity index (χ0n) is 11.0. The smallest absolute Gasteiger partial charge is 0.167 e. The van der Waals surface area contributed by atoms with Gasteiger partial charge < -0.3 is 9.67 Å². The summed E-state index contributed by atoms with van der Waals surface area (Å²) in [4.78, 5) is 4.36. The lowest BCUT2D eigenvalue weighted by Crippen LogP contribution is -2.06. The highest BCUT2D eigenvalue weighted by Crippen LogP contribution is 2.26. The van der Waals surface area contributed by atoms with Crippen LogP contribution in [-0.2, 0) is 7.05 Å². The average Bonchev–Trinajstić information content (AvgIpc) is 2.78. The van der Waals surface area contributed by atoms with Crippen molar-refractivity contribution >= 4 is 23.4 Å². The number of aliphatic hydroxyl groups is 1. The van der Waals surface area contributed by atoms with E-state index in [-0.39, 0.29) is 0 Å². The molecule has 0 radical (unpaired) electrons. The van der Waals surface area contributed by atoms with Gasteiger partial charge in [0, 0.05) is 17.8 Å². The molecule has 0 saturated carbocycles. The van der Waals surface area contributed by atoms with E-state index in [4.69, 9.17) is 11.6 Å². The Hall–Kier alpha value is -0.970. The quantitative estimate of drug-likeness (QED) is 0.856. The molecule has 2 rings (SSSR count). The summed E-state index contributed by atoms with van der Waals surface area (Å²) >= 11 is 7.55. The number of imidazole rings is 1. The molecule has 1 unspecified atom stereocenters. The van der Waals surface area contributed by atoms with Crippen LogP contribution < -0.4 is 0 Å². The van der Waals surface area contributed by atoms with Gasteiger partial charge in [0.25, 0.3) is 0 Å². The number of hydrogen-bond donors (Lipinski definition) is 1. The maximum absolute atomic E-state index is 10.4. The van der Waals surface area contributed by atoms with Crippen molar-refractivity contribution in [3.8, 4) is 0 Å². The molecule has 0 aliphatic carbocycles. The number of rotatable bonds is 5. The minimum atomic E-state index is -0.675. The summed E-state index contributed by atoms with van der Waals surface area (Å²) in [5.41, 5.74) is 1.61. The molecule has 1 aromatic carbocycles. The molecular formula is C14H17ClN2OS. The van der Waals surface area contributed by atoms with Gasteiger partial charge in [-0.15, -0.1) is 0 Å². The van der Waals surface area contributed by atoms with Gasteiger partial charge in [-0.05, 0) is 24.1 Å². The molecule has 5 heteroatoms. The summed E-state index contributed by atoms with van der Waals surface area (Å²) < 4.78 is 1.94. The zero-order chi connectivity index (χ0) is 13.8. The Balaban J connectivity index is 2.21. The van der Waals surface area contributed by atoms with Crippen molar-refractivity contribution in [2.45, 2.75) is 24.6 Å². The SMILES string of the molecule is CCCSc1ncc(C(O)c2ccc(Cl)cc2)n1C. The summed E-state index contributed by atoms with van der Waals surface area (Å²) in [5, 5.41) is 12.0. The molecule has 0 saturated heterocycles. The Kier molecular flexibility index (Phi) is 4.91. The van der Waals surface area contributed by atoms with E-state index in [0.29, 0.717) is 5.02 Å². The van der Waals surface area contributed by atoms with Gasteiger partial charge in [0.2, 0.25) is 0 Å². The topological polar surface area (TPSA) is 38.1 Å². The number of benzene rings is 1. The Bertz CT molecular complexity index is 539. The largest absolute Gasteiger partial charge is 0.382 e. The first kappa shape index (κ1) is 14.4. The van der Waals surface area contributed by atoms with Crippen LogP contribution in [0.25, 0.3) is 0 Å². The van der Waals surface area contributed by atoms with Crippen LogP contribution >= 0.6 is 23.4 Å². The first-order chi connectivity index (χ1) is 9.13. The van der Waals surface area contributed by atoms with Gasteiger partial charge in [0.15, 0.2) is 5.16 Å². The lowest BCUT2D eigenvalue weighted by molar-refractivity contribution is 0.210. The van der Waals surface area contributed by atoms with Crippen LogP contribution in [0.4, 0.5) is 0 Å². The molecule has 1 atom stereocenters. The standard InChI is InChI=1S/C14H17ClN2OS/c1-3-8-19-14-16-9-12(17(14)2)13(18)10-4-6-11(15)7-5-10/h4-7,9,13,18H,3,8H2,1-2H3. The highest BCUT2D eigenvalue weighted by Gasteiger charge is 2.16. The van der Waals surface area contributed by atoms with Crippen molar-refractivity contribution in [1.29, 1.82) is 0 Å². The summed E-state index contributed by atoms with van der Waals surface area (Å²) in [7, 11) is 1.93. The molecule has 0 aliphatic heterocycles. The minimum Gasteiger partial charge on any atom is -0.382 e. The molecule has 0 aliphatic rings. The maximum Gasteiger partial charge on any atom is 0.167 e. The van der Waals surface area contributed by atoms with E-state index >= 15 is 0 Å². The van der Waals surface area contributed by atoms with Crippen molar-refractivity contribution in [2.24, 2.45) is 7.05 Å². The first-order valence-electron chi connectivity index (χ1n) is 6.21. The van der Waals surface area contributed by atoms with Crippen LogP contribution in [-0.4, -0.2) is 20.4 Å². The molecule has 102 valence electrons. The molecule has 1 heterocycles. The first-order valence-corrected chi connectivity index (χ1v) is 7.57. The Morgan fingerprint density at radius 3 is 2.68 bits per heavy atom. The van der Waals surface area contributed by atoms with Crippen LogP contribution in [0.3, 0.4) is 0 Å². The third-order valence-corrected chi connectivity index (χ3v) is 4.38. The average molecular weight is 297 g/mol. The number of aromatic nitrogens is 2. The number of halogens is 1. The fraction of sp³-hybridized carbons (Fsp3) is 0.357. The lowest BCUT2D eigenvalue weighted by atomic mass is 10.1. The summed E-state index contributed by atoms with van der Waals surface area (Å²) in [6, 6.07) is 7.23. The van der Waals surface area contributed by atoms with Gasteiger partial charge in [0.1, 0.15) is 6.10 Å². The van der Waals surface area contributed by atoms with Crippen molar-refractivity contribution in [3.05, 3.63) is 46.7 Å². The van der Waals surface area contributed by atoms with Gasteiger partial charge in [0.05, 0.1) is 11.9 Å². The molecule has 19 heavy (non-hydrogen) atoms. The highest BCUT2D eigenvalue weighted by molar-refractivity contribution is 7.99. The van der Waals surface area contributed by atoms with Gasteiger partial charge in [-0.25, -0.2) is 4.98 Å². The summed E-state index contributed by atoms with van der Waals surface area (Å²) in [6.07, 6.45) is 2.16. The van der Waals surface area contributed by atoms with Crippen LogP contribution in [0.1, 0.15) is 30.7 Å². The van der Waals surface area contributed by atoms with Gasteiger partial charge >= 0.3 is 0 Å².